The minimum atomic E-state index is -0.129. The van der Waals surface area contributed by atoms with Gasteiger partial charge in [0.15, 0.2) is 0 Å². The number of H-pyrrole nitrogens is 1. The van der Waals surface area contributed by atoms with Gasteiger partial charge in [-0.1, -0.05) is 19.1 Å². The Labute approximate surface area is 197 Å². The number of carbonyl (C=O) groups is 1. The average Bonchev–Trinajstić information content (AvgIpc) is 3.33. The summed E-state index contributed by atoms with van der Waals surface area (Å²) in [6, 6.07) is 8.70. The molecule has 6 heteroatoms. The summed E-state index contributed by atoms with van der Waals surface area (Å²) in [5.41, 5.74) is 4.81. The zero-order valence-electron chi connectivity index (χ0n) is 20.3. The van der Waals surface area contributed by atoms with E-state index in [1.54, 1.807) is 7.05 Å². The van der Waals surface area contributed by atoms with Crippen molar-refractivity contribution in [2.45, 2.75) is 77.2 Å². The van der Waals surface area contributed by atoms with Crippen molar-refractivity contribution in [2.75, 3.05) is 20.1 Å². The van der Waals surface area contributed by atoms with Crippen LogP contribution in [0.5, 0.6) is 0 Å². The second kappa shape index (κ2) is 10.6. The molecule has 0 radical (unpaired) electrons. The standard InChI is InChI=1S/C27H38N4O2/c1-4-20-8-11-24(30-26(20)32)22-7-10-23(17-22)31-15-13-19(14-16-31)5-6-21-9-12-25(27(33)28-3)29-18(21)2/h8-9,11-12,19,22-23H,4-7,10,13-17H2,1-3H3,(H,28,33)(H,30,32)/t22-,23-/m1/s1. The molecule has 0 aromatic carbocycles. The number of rotatable bonds is 7. The van der Waals surface area contributed by atoms with E-state index in [4.69, 9.17) is 0 Å². The van der Waals surface area contributed by atoms with Crippen LogP contribution >= 0.6 is 0 Å². The van der Waals surface area contributed by atoms with Crippen LogP contribution in [0, 0.1) is 12.8 Å². The van der Waals surface area contributed by atoms with Crippen molar-refractivity contribution in [3.05, 3.63) is 62.8 Å². The van der Waals surface area contributed by atoms with Crippen LogP contribution in [0.2, 0.25) is 0 Å². The number of carbonyl (C=O) groups excluding carboxylic acids is 1. The minimum absolute atomic E-state index is 0.0907. The zero-order chi connectivity index (χ0) is 23.4. The van der Waals surface area contributed by atoms with Gasteiger partial charge in [-0.05, 0) is 95.0 Å². The van der Waals surface area contributed by atoms with Gasteiger partial charge < -0.3 is 15.2 Å². The van der Waals surface area contributed by atoms with Crippen LogP contribution in [0.15, 0.2) is 29.1 Å². The Kier molecular flexibility index (Phi) is 7.63. The van der Waals surface area contributed by atoms with Crippen molar-refractivity contribution >= 4 is 5.91 Å². The monoisotopic (exact) mass is 450 g/mol. The highest BCUT2D eigenvalue weighted by atomic mass is 16.1. The van der Waals surface area contributed by atoms with Crippen LogP contribution in [-0.2, 0) is 12.8 Å². The maximum Gasteiger partial charge on any atom is 0.269 e. The number of nitrogens with zero attached hydrogens (tertiary/aromatic N) is 2. The molecule has 3 heterocycles. The van der Waals surface area contributed by atoms with E-state index in [9.17, 15) is 9.59 Å². The molecule has 0 bridgehead atoms. The number of piperidine rings is 1. The molecule has 1 aliphatic carbocycles. The fourth-order valence-corrected chi connectivity index (χ4v) is 5.68. The quantitative estimate of drug-likeness (QED) is 0.669. The van der Waals surface area contributed by atoms with Crippen LogP contribution < -0.4 is 10.9 Å². The molecule has 1 saturated heterocycles. The molecule has 1 aliphatic heterocycles. The first kappa shape index (κ1) is 23.7. The van der Waals surface area contributed by atoms with Gasteiger partial charge >= 0.3 is 0 Å². The van der Waals surface area contributed by atoms with E-state index >= 15 is 0 Å². The number of hydrogen-bond donors (Lipinski definition) is 2. The summed E-state index contributed by atoms with van der Waals surface area (Å²) in [7, 11) is 1.63. The molecule has 1 saturated carbocycles. The third kappa shape index (κ3) is 5.55. The molecule has 33 heavy (non-hydrogen) atoms. The first-order chi connectivity index (χ1) is 16.0. The fourth-order valence-electron chi connectivity index (χ4n) is 5.68. The number of nitrogens with one attached hydrogen (secondary N) is 2. The second-order valence-corrected chi connectivity index (χ2v) is 9.82. The number of likely N-dealkylation sites (tertiary alicyclic amines) is 1. The predicted molar refractivity (Wildman–Crippen MR) is 132 cm³/mol. The van der Waals surface area contributed by atoms with Gasteiger partial charge in [-0.25, -0.2) is 4.98 Å². The third-order valence-electron chi connectivity index (χ3n) is 7.88. The van der Waals surface area contributed by atoms with Gasteiger partial charge in [-0.15, -0.1) is 0 Å². The Bertz CT molecular complexity index is 1020. The Morgan fingerprint density at radius 2 is 1.88 bits per heavy atom. The van der Waals surface area contributed by atoms with Gasteiger partial charge in [0, 0.05) is 36.0 Å². The average molecular weight is 451 g/mol. The van der Waals surface area contributed by atoms with Crippen molar-refractivity contribution in [1.82, 2.24) is 20.2 Å². The predicted octanol–water partition coefficient (Wildman–Crippen LogP) is 3.98. The van der Waals surface area contributed by atoms with Crippen LogP contribution in [0.4, 0.5) is 0 Å². The zero-order valence-corrected chi connectivity index (χ0v) is 20.3. The molecule has 0 unspecified atom stereocenters. The molecule has 2 aliphatic rings. The molecule has 6 nitrogen and oxygen atoms in total. The first-order valence-corrected chi connectivity index (χ1v) is 12.6. The first-order valence-electron chi connectivity index (χ1n) is 12.6. The maximum absolute atomic E-state index is 12.2. The highest BCUT2D eigenvalue weighted by molar-refractivity contribution is 5.92. The van der Waals surface area contributed by atoms with Crippen LogP contribution in [0.25, 0.3) is 0 Å². The summed E-state index contributed by atoms with van der Waals surface area (Å²) in [5.74, 6) is 1.12. The normalized spacial score (nSPS) is 21.9. The Morgan fingerprint density at radius 3 is 2.55 bits per heavy atom. The lowest BCUT2D eigenvalue weighted by Crippen LogP contribution is -2.40. The van der Waals surface area contributed by atoms with Crippen LogP contribution in [0.3, 0.4) is 0 Å². The maximum atomic E-state index is 12.2. The largest absolute Gasteiger partial charge is 0.354 e. The molecule has 2 fully saturated rings. The summed E-state index contributed by atoms with van der Waals surface area (Å²) < 4.78 is 0. The number of pyridine rings is 2. The molecule has 2 aromatic heterocycles. The SMILES string of the molecule is CCc1ccc([C@@H]2CC[C@@H](N3CCC(CCc4ccc(C(=O)NC)nc4C)CC3)C2)[nH]c1=O. The van der Waals surface area contributed by atoms with E-state index in [0.717, 1.165) is 42.1 Å². The summed E-state index contributed by atoms with van der Waals surface area (Å²) in [5, 5.41) is 2.64. The molecule has 2 aromatic rings. The molecule has 4 rings (SSSR count). The smallest absolute Gasteiger partial charge is 0.269 e. The minimum Gasteiger partial charge on any atom is -0.354 e. The van der Waals surface area contributed by atoms with Crippen molar-refractivity contribution in [3.63, 3.8) is 0 Å². The third-order valence-corrected chi connectivity index (χ3v) is 7.88. The van der Waals surface area contributed by atoms with Gasteiger partial charge in [0.05, 0.1) is 0 Å². The molecule has 178 valence electrons. The van der Waals surface area contributed by atoms with E-state index in [1.165, 1.54) is 50.8 Å². The van der Waals surface area contributed by atoms with E-state index in [1.807, 2.05) is 26.0 Å². The van der Waals surface area contributed by atoms with Crippen LogP contribution in [-0.4, -0.2) is 47.0 Å². The summed E-state index contributed by atoms with van der Waals surface area (Å²) in [6.07, 6.45) is 9.08. The summed E-state index contributed by atoms with van der Waals surface area (Å²) in [4.78, 5) is 34.3. The lowest BCUT2D eigenvalue weighted by Gasteiger charge is -2.36. The van der Waals surface area contributed by atoms with Crippen LogP contribution in [0.1, 0.15) is 84.4 Å². The number of hydrogen-bond acceptors (Lipinski definition) is 4. The topological polar surface area (TPSA) is 78.1 Å². The molecule has 1 amide bonds. The Hall–Kier alpha value is -2.47. The van der Waals surface area contributed by atoms with Crippen molar-refractivity contribution in [3.8, 4) is 0 Å². The number of aryl methyl sites for hydroxylation is 3. The molecular formula is C27H38N4O2. The second-order valence-electron chi connectivity index (χ2n) is 9.82. The van der Waals surface area contributed by atoms with Gasteiger partial charge in [-0.3, -0.25) is 9.59 Å². The van der Waals surface area contributed by atoms with Crippen molar-refractivity contribution in [2.24, 2.45) is 5.92 Å². The van der Waals surface area contributed by atoms with Gasteiger partial charge in [-0.2, -0.15) is 0 Å². The van der Waals surface area contributed by atoms with E-state index in [-0.39, 0.29) is 11.5 Å². The molecule has 2 N–H and O–H groups in total. The van der Waals surface area contributed by atoms with E-state index in [0.29, 0.717) is 17.7 Å². The Balaban J connectivity index is 1.24. The van der Waals surface area contributed by atoms with E-state index in [2.05, 4.69) is 32.3 Å². The highest BCUT2D eigenvalue weighted by Gasteiger charge is 2.32. The van der Waals surface area contributed by atoms with Crippen molar-refractivity contribution in [1.29, 1.82) is 0 Å². The molecular weight excluding hydrogens is 412 g/mol. The molecule has 2 atom stereocenters. The Morgan fingerprint density at radius 1 is 1.12 bits per heavy atom. The number of aromatic amines is 1. The lowest BCUT2D eigenvalue weighted by atomic mass is 9.89. The van der Waals surface area contributed by atoms with Gasteiger partial charge in [0.1, 0.15) is 5.69 Å². The van der Waals surface area contributed by atoms with E-state index < -0.39 is 0 Å². The molecule has 0 spiro atoms. The van der Waals surface area contributed by atoms with Crippen molar-refractivity contribution < 1.29 is 4.79 Å². The van der Waals surface area contributed by atoms with Gasteiger partial charge in [0.2, 0.25) is 0 Å². The lowest BCUT2D eigenvalue weighted by molar-refractivity contribution is 0.0958. The number of amides is 1. The summed E-state index contributed by atoms with van der Waals surface area (Å²) in [6.45, 7) is 6.39. The fraction of sp³-hybridized carbons (Fsp3) is 0.593. The highest BCUT2D eigenvalue weighted by Crippen LogP contribution is 2.37. The summed E-state index contributed by atoms with van der Waals surface area (Å²) >= 11 is 0. The number of aromatic nitrogens is 2. The van der Waals surface area contributed by atoms with Gasteiger partial charge in [0.25, 0.3) is 11.5 Å².